The lowest BCUT2D eigenvalue weighted by molar-refractivity contribution is 0.0524. The average Bonchev–Trinajstić information content (AvgIpc) is 2.99. The molecule has 7 heteroatoms. The van der Waals surface area contributed by atoms with Gasteiger partial charge in [-0.15, -0.1) is 0 Å². The number of carbonyl (C=O) groups excluding carboxylic acids is 2. The molecule has 0 spiro atoms. The number of fused-ring (bicyclic) bond motifs is 1. The number of hydrogen-bond donors (Lipinski definition) is 0. The second-order valence-corrected chi connectivity index (χ2v) is 7.99. The van der Waals surface area contributed by atoms with E-state index in [1.165, 1.54) is 11.8 Å². The van der Waals surface area contributed by atoms with Gasteiger partial charge in [-0.1, -0.05) is 45.9 Å². The Hall–Kier alpha value is -2.12. The molecule has 0 fully saturated rings. The molecule has 0 atom stereocenters. The summed E-state index contributed by atoms with van der Waals surface area (Å²) in [6.45, 7) is 5.96. The third kappa shape index (κ3) is 4.25. The standard InChI is InChI=1S/C20H19BrN2O3S/c1-4-26-20(25)17-18-13(3)9-12(2)10-23(18)22-19(17)27-11-16(24)14-5-7-15(21)8-6-14/h5-10H,4,11H2,1-3H3. The molecule has 0 bridgehead atoms. The Bertz CT molecular complexity index is 1010. The molecule has 0 aliphatic heterocycles. The zero-order valence-electron chi connectivity index (χ0n) is 15.3. The first-order valence-electron chi connectivity index (χ1n) is 8.49. The molecule has 3 aromatic rings. The van der Waals surface area contributed by atoms with Crippen molar-refractivity contribution in [3.8, 4) is 0 Å². The Labute approximate surface area is 170 Å². The molecular weight excluding hydrogens is 428 g/mol. The average molecular weight is 447 g/mol. The second-order valence-electron chi connectivity index (χ2n) is 6.11. The van der Waals surface area contributed by atoms with E-state index in [9.17, 15) is 9.59 Å². The number of pyridine rings is 1. The second kappa shape index (κ2) is 8.27. The van der Waals surface area contributed by atoms with Crippen LogP contribution in [0.5, 0.6) is 0 Å². The van der Waals surface area contributed by atoms with Crippen LogP contribution in [0.4, 0.5) is 0 Å². The van der Waals surface area contributed by atoms with Crippen molar-refractivity contribution in [2.75, 3.05) is 12.4 Å². The van der Waals surface area contributed by atoms with E-state index in [-0.39, 0.29) is 18.1 Å². The molecule has 0 aliphatic carbocycles. The minimum Gasteiger partial charge on any atom is -0.462 e. The summed E-state index contributed by atoms with van der Waals surface area (Å²) in [5.74, 6) is -0.249. The van der Waals surface area contributed by atoms with Gasteiger partial charge < -0.3 is 4.74 Å². The molecule has 140 valence electrons. The molecule has 0 radical (unpaired) electrons. The van der Waals surface area contributed by atoms with Crippen molar-refractivity contribution in [1.82, 2.24) is 9.61 Å². The number of aryl methyl sites for hydroxylation is 2. The van der Waals surface area contributed by atoms with Crippen molar-refractivity contribution in [3.05, 3.63) is 63.3 Å². The lowest BCUT2D eigenvalue weighted by atomic mass is 10.1. The van der Waals surface area contributed by atoms with Crippen LogP contribution in [0, 0.1) is 13.8 Å². The normalized spacial score (nSPS) is 11.0. The van der Waals surface area contributed by atoms with Gasteiger partial charge in [0.2, 0.25) is 0 Å². The monoisotopic (exact) mass is 446 g/mol. The number of ketones is 1. The van der Waals surface area contributed by atoms with Crippen molar-refractivity contribution >= 4 is 45.0 Å². The molecule has 1 aromatic carbocycles. The van der Waals surface area contributed by atoms with Crippen LogP contribution in [-0.2, 0) is 4.74 Å². The highest BCUT2D eigenvalue weighted by molar-refractivity contribution is 9.10. The van der Waals surface area contributed by atoms with E-state index < -0.39 is 5.97 Å². The van der Waals surface area contributed by atoms with Gasteiger partial charge in [-0.25, -0.2) is 9.31 Å². The van der Waals surface area contributed by atoms with Gasteiger partial charge in [-0.2, -0.15) is 5.10 Å². The van der Waals surface area contributed by atoms with E-state index in [4.69, 9.17) is 4.74 Å². The summed E-state index contributed by atoms with van der Waals surface area (Å²) >= 11 is 4.62. The third-order valence-electron chi connectivity index (χ3n) is 4.01. The first kappa shape index (κ1) is 19.6. The van der Waals surface area contributed by atoms with E-state index in [1.807, 2.05) is 38.2 Å². The molecular formula is C20H19BrN2O3S. The summed E-state index contributed by atoms with van der Waals surface area (Å²) in [5.41, 5.74) is 3.75. The number of thioether (sulfide) groups is 1. The molecule has 0 unspecified atom stereocenters. The zero-order chi connectivity index (χ0) is 19.6. The maximum absolute atomic E-state index is 12.6. The van der Waals surface area contributed by atoms with Gasteiger partial charge in [0.25, 0.3) is 0 Å². The molecule has 2 aromatic heterocycles. The number of hydrogen-bond acceptors (Lipinski definition) is 5. The Morgan fingerprint density at radius 1 is 1.22 bits per heavy atom. The van der Waals surface area contributed by atoms with Crippen LogP contribution in [0.25, 0.3) is 5.52 Å². The SMILES string of the molecule is CCOC(=O)c1c(SCC(=O)c2ccc(Br)cc2)nn2cc(C)cc(C)c12. The van der Waals surface area contributed by atoms with Crippen LogP contribution in [0.2, 0.25) is 0 Å². The number of aromatic nitrogens is 2. The van der Waals surface area contributed by atoms with Crippen molar-refractivity contribution < 1.29 is 14.3 Å². The van der Waals surface area contributed by atoms with Gasteiger partial charge in [0.05, 0.1) is 17.9 Å². The summed E-state index contributed by atoms with van der Waals surface area (Å²) in [6.07, 6.45) is 1.87. The Kier molecular flexibility index (Phi) is 6.01. The van der Waals surface area contributed by atoms with E-state index in [1.54, 1.807) is 23.6 Å². The summed E-state index contributed by atoms with van der Waals surface area (Å²) in [7, 11) is 0. The predicted molar refractivity (Wildman–Crippen MR) is 110 cm³/mol. The van der Waals surface area contributed by atoms with Crippen LogP contribution < -0.4 is 0 Å². The van der Waals surface area contributed by atoms with E-state index in [2.05, 4.69) is 21.0 Å². The number of halogens is 1. The van der Waals surface area contributed by atoms with Gasteiger partial charge >= 0.3 is 5.97 Å². The molecule has 3 rings (SSSR count). The Morgan fingerprint density at radius 3 is 2.59 bits per heavy atom. The van der Waals surface area contributed by atoms with Crippen LogP contribution >= 0.6 is 27.7 Å². The molecule has 2 heterocycles. The molecule has 0 saturated carbocycles. The number of ether oxygens (including phenoxy) is 1. The van der Waals surface area contributed by atoms with E-state index in [0.717, 1.165) is 21.1 Å². The van der Waals surface area contributed by atoms with Crippen molar-refractivity contribution in [1.29, 1.82) is 0 Å². The number of benzene rings is 1. The number of rotatable bonds is 6. The quantitative estimate of drug-likeness (QED) is 0.307. The highest BCUT2D eigenvalue weighted by atomic mass is 79.9. The van der Waals surface area contributed by atoms with Crippen LogP contribution in [0.1, 0.15) is 38.8 Å². The highest BCUT2D eigenvalue weighted by Gasteiger charge is 2.23. The first-order chi connectivity index (χ1) is 12.9. The maximum Gasteiger partial charge on any atom is 0.343 e. The summed E-state index contributed by atoms with van der Waals surface area (Å²) in [6, 6.07) is 9.21. The predicted octanol–water partition coefficient (Wildman–Crippen LogP) is 4.87. The van der Waals surface area contributed by atoms with Crippen molar-refractivity contribution in [2.24, 2.45) is 0 Å². The zero-order valence-corrected chi connectivity index (χ0v) is 17.7. The lowest BCUT2D eigenvalue weighted by Crippen LogP contribution is -2.07. The maximum atomic E-state index is 12.6. The fraction of sp³-hybridized carbons (Fsp3) is 0.250. The molecule has 27 heavy (non-hydrogen) atoms. The largest absolute Gasteiger partial charge is 0.462 e. The molecule has 5 nitrogen and oxygen atoms in total. The van der Waals surface area contributed by atoms with Crippen LogP contribution in [0.3, 0.4) is 0 Å². The molecule has 0 saturated heterocycles. The molecule has 0 aliphatic rings. The van der Waals surface area contributed by atoms with Gasteiger partial charge in [0.15, 0.2) is 5.78 Å². The third-order valence-corrected chi connectivity index (χ3v) is 5.50. The number of Topliss-reactive ketones (excluding diaryl/α,β-unsaturated/α-hetero) is 1. The van der Waals surface area contributed by atoms with Gasteiger partial charge in [-0.3, -0.25) is 4.79 Å². The van der Waals surface area contributed by atoms with Gasteiger partial charge in [0, 0.05) is 16.2 Å². The van der Waals surface area contributed by atoms with Crippen molar-refractivity contribution in [3.63, 3.8) is 0 Å². The minimum atomic E-state index is -0.418. The summed E-state index contributed by atoms with van der Waals surface area (Å²) in [4.78, 5) is 25.0. The number of nitrogens with zero attached hydrogens (tertiary/aromatic N) is 2. The Balaban J connectivity index is 1.94. The fourth-order valence-electron chi connectivity index (χ4n) is 2.87. The van der Waals surface area contributed by atoms with Crippen LogP contribution in [0.15, 0.2) is 46.0 Å². The molecule has 0 N–H and O–H groups in total. The van der Waals surface area contributed by atoms with Crippen LogP contribution in [-0.4, -0.2) is 33.7 Å². The first-order valence-corrected chi connectivity index (χ1v) is 10.3. The van der Waals surface area contributed by atoms with E-state index >= 15 is 0 Å². The lowest BCUT2D eigenvalue weighted by Gasteiger charge is -2.05. The minimum absolute atomic E-state index is 0.0210. The topological polar surface area (TPSA) is 60.7 Å². The van der Waals surface area contributed by atoms with Gasteiger partial charge in [0.1, 0.15) is 10.6 Å². The van der Waals surface area contributed by atoms with Crippen molar-refractivity contribution in [2.45, 2.75) is 25.8 Å². The fourth-order valence-corrected chi connectivity index (χ4v) is 4.04. The highest BCUT2D eigenvalue weighted by Crippen LogP contribution is 2.29. The summed E-state index contributed by atoms with van der Waals surface area (Å²) in [5, 5.41) is 5.04. The Morgan fingerprint density at radius 2 is 1.93 bits per heavy atom. The number of esters is 1. The summed E-state index contributed by atoms with van der Waals surface area (Å²) < 4.78 is 7.85. The van der Waals surface area contributed by atoms with Gasteiger partial charge in [-0.05, 0) is 44.0 Å². The molecule has 0 amide bonds. The van der Waals surface area contributed by atoms with E-state index in [0.29, 0.717) is 16.2 Å². The smallest absolute Gasteiger partial charge is 0.343 e. The number of carbonyl (C=O) groups is 2.